The van der Waals surface area contributed by atoms with Crippen LogP contribution in [0.4, 0.5) is 5.69 Å². The third-order valence-corrected chi connectivity index (χ3v) is 10.7. The van der Waals surface area contributed by atoms with Crippen molar-refractivity contribution < 1.29 is 29.3 Å². The van der Waals surface area contributed by atoms with E-state index >= 15 is 0 Å². The number of rotatable bonds is 1. The van der Waals surface area contributed by atoms with Crippen molar-refractivity contribution >= 4 is 29.2 Å². The zero-order valence-electron chi connectivity index (χ0n) is 25.8. The molecule has 44 heavy (non-hydrogen) atoms. The lowest BCUT2D eigenvalue weighted by atomic mass is 9.68. The number of hydrogen-bond donors (Lipinski definition) is 2. The number of aliphatic hydroxyl groups is 2. The van der Waals surface area contributed by atoms with Crippen molar-refractivity contribution in [1.29, 1.82) is 0 Å². The highest BCUT2D eigenvalue weighted by atomic mass is 35.5. The molecule has 2 aromatic rings. The number of amides is 1. The summed E-state index contributed by atoms with van der Waals surface area (Å²) >= 11 is 6.41. The molecule has 2 heterocycles. The predicted molar refractivity (Wildman–Crippen MR) is 169 cm³/mol. The van der Waals surface area contributed by atoms with Crippen molar-refractivity contribution in [2.75, 3.05) is 45.3 Å². The molecule has 2 N–H and O–H groups in total. The molecule has 0 unspecified atom stereocenters. The molecule has 6 rings (SSSR count). The molecule has 0 radical (unpaired) electrons. The van der Waals surface area contributed by atoms with Gasteiger partial charge >= 0.3 is 5.97 Å². The summed E-state index contributed by atoms with van der Waals surface area (Å²) in [6, 6.07) is 11.4. The summed E-state index contributed by atoms with van der Waals surface area (Å²) in [5.74, 6) is -0.267. The summed E-state index contributed by atoms with van der Waals surface area (Å²) in [4.78, 5) is 30.4. The van der Waals surface area contributed by atoms with Gasteiger partial charge in [-0.2, -0.15) is 0 Å². The molecule has 9 heteroatoms. The maximum atomic E-state index is 13.4. The van der Waals surface area contributed by atoms with Crippen LogP contribution in [0.3, 0.4) is 0 Å². The molecule has 1 saturated carbocycles. The number of carbonyl (C=O) groups excluding carboxylic acids is 2. The lowest BCUT2D eigenvalue weighted by Crippen LogP contribution is -2.49. The average molecular weight is 623 g/mol. The number of ether oxygens (including phenoxy) is 2. The van der Waals surface area contributed by atoms with Crippen LogP contribution in [-0.4, -0.2) is 73.5 Å². The molecule has 2 aromatic carbocycles. The van der Waals surface area contributed by atoms with Gasteiger partial charge in [0.1, 0.15) is 5.75 Å². The molecule has 2 aliphatic carbocycles. The van der Waals surface area contributed by atoms with E-state index in [0.717, 1.165) is 42.8 Å². The second-order valence-electron chi connectivity index (χ2n) is 13.4. The van der Waals surface area contributed by atoms with Gasteiger partial charge in [0.15, 0.2) is 5.60 Å². The number of fused-ring (bicyclic) bond motifs is 4. The van der Waals surface area contributed by atoms with E-state index in [4.69, 9.17) is 21.1 Å². The Balaban J connectivity index is 1.47. The number of halogens is 1. The Morgan fingerprint density at radius 3 is 2.70 bits per heavy atom. The number of hydrogen-bond acceptors (Lipinski definition) is 7. The summed E-state index contributed by atoms with van der Waals surface area (Å²) in [5, 5.41) is 23.8. The van der Waals surface area contributed by atoms with Crippen molar-refractivity contribution in [2.45, 2.75) is 62.6 Å². The van der Waals surface area contributed by atoms with Gasteiger partial charge in [0.05, 0.1) is 31.9 Å². The average Bonchev–Trinajstić information content (AvgIpc) is 3.14. The SMILES string of the molecule is COC(=O)[C@]1(O)CC(=O)N(C)C[C@@H](C)/C=C/[C@H](O)[C@@H]2CC[C@H]2CN2C[C@@]3(CCCc4cc(Cl)ccc43)COc3ccc1cc32. The number of methoxy groups -OCH3 is 1. The van der Waals surface area contributed by atoms with Gasteiger partial charge in [0.25, 0.3) is 0 Å². The van der Waals surface area contributed by atoms with Crippen LogP contribution in [0, 0.1) is 17.8 Å². The fourth-order valence-corrected chi connectivity index (χ4v) is 7.98. The van der Waals surface area contributed by atoms with Crippen molar-refractivity contribution in [3.05, 3.63) is 70.3 Å². The first-order valence-corrected chi connectivity index (χ1v) is 16.1. The molecule has 6 atom stereocenters. The summed E-state index contributed by atoms with van der Waals surface area (Å²) in [6.07, 6.45) is 7.66. The van der Waals surface area contributed by atoms with E-state index in [1.165, 1.54) is 23.1 Å². The maximum Gasteiger partial charge on any atom is 0.343 e. The topological polar surface area (TPSA) is 99.5 Å². The van der Waals surface area contributed by atoms with Crippen molar-refractivity contribution in [2.24, 2.45) is 17.8 Å². The molecule has 0 saturated heterocycles. The number of aliphatic hydroxyl groups excluding tert-OH is 1. The first-order valence-electron chi connectivity index (χ1n) is 15.8. The minimum absolute atomic E-state index is 0.0235. The Hall–Kier alpha value is -3.07. The van der Waals surface area contributed by atoms with Gasteiger partial charge < -0.3 is 29.5 Å². The van der Waals surface area contributed by atoms with E-state index in [0.29, 0.717) is 32.0 Å². The molecule has 236 valence electrons. The van der Waals surface area contributed by atoms with Gasteiger partial charge in [-0.25, -0.2) is 4.79 Å². The number of esters is 1. The van der Waals surface area contributed by atoms with Gasteiger partial charge in [-0.15, -0.1) is 0 Å². The maximum absolute atomic E-state index is 13.4. The summed E-state index contributed by atoms with van der Waals surface area (Å²) in [5.41, 5.74) is 1.07. The second kappa shape index (κ2) is 12.0. The van der Waals surface area contributed by atoms with E-state index < -0.39 is 24.1 Å². The lowest BCUT2D eigenvalue weighted by Gasteiger charge is -2.45. The quantitative estimate of drug-likeness (QED) is 0.354. The molecule has 1 fully saturated rings. The van der Waals surface area contributed by atoms with Gasteiger partial charge in [-0.1, -0.05) is 42.8 Å². The van der Waals surface area contributed by atoms with Crippen LogP contribution in [0.1, 0.15) is 55.7 Å². The Bertz CT molecular complexity index is 1460. The molecular formula is C35H43ClN2O6. The number of carbonyl (C=O) groups is 2. The fourth-order valence-electron chi connectivity index (χ4n) is 7.78. The highest BCUT2D eigenvalue weighted by molar-refractivity contribution is 6.30. The van der Waals surface area contributed by atoms with Crippen LogP contribution >= 0.6 is 11.6 Å². The fraction of sp³-hybridized carbons (Fsp3) is 0.543. The lowest BCUT2D eigenvalue weighted by molar-refractivity contribution is -0.168. The number of anilines is 1. The largest absolute Gasteiger partial charge is 0.490 e. The standard InChI is InChI=1S/C35H43ClN2O6/c1-22-6-12-30(39)27-10-7-24(27)19-38-20-34(14-4-5-23-15-26(36)9-11-28(23)34)21-44-31-13-8-25(16-29(31)38)35(42,33(41)43-3)17-32(40)37(2)18-22/h6,8-9,11-13,15-16,22,24,27,30,39,42H,4-5,7,10,14,17-21H2,1-3H3/b12-6+/t22-,24-,27+,30-,34-,35-/m0/s1. The number of aryl methyl sites for hydroxylation is 1. The molecule has 2 bridgehead atoms. The van der Waals surface area contributed by atoms with E-state index in [1.807, 2.05) is 25.1 Å². The highest BCUT2D eigenvalue weighted by Crippen LogP contribution is 2.47. The predicted octanol–water partition coefficient (Wildman–Crippen LogP) is 4.62. The summed E-state index contributed by atoms with van der Waals surface area (Å²) < 4.78 is 11.7. The highest BCUT2D eigenvalue weighted by Gasteiger charge is 2.46. The minimum atomic E-state index is -2.18. The summed E-state index contributed by atoms with van der Waals surface area (Å²) in [6.45, 7) is 4.20. The van der Waals surface area contributed by atoms with E-state index in [9.17, 15) is 19.8 Å². The van der Waals surface area contributed by atoms with Crippen LogP contribution in [0.15, 0.2) is 48.6 Å². The number of nitrogens with zero attached hydrogens (tertiary/aromatic N) is 2. The van der Waals surface area contributed by atoms with Crippen molar-refractivity contribution in [3.8, 4) is 5.75 Å². The summed E-state index contributed by atoms with van der Waals surface area (Å²) in [7, 11) is 2.88. The van der Waals surface area contributed by atoms with Crippen LogP contribution in [-0.2, 0) is 31.8 Å². The Kier molecular flexibility index (Phi) is 8.46. The van der Waals surface area contributed by atoms with Gasteiger partial charge in [0.2, 0.25) is 5.91 Å². The van der Waals surface area contributed by atoms with Gasteiger partial charge in [0, 0.05) is 37.1 Å². The normalized spacial score (nSPS) is 32.9. The first-order chi connectivity index (χ1) is 21.0. The van der Waals surface area contributed by atoms with Crippen LogP contribution in [0.25, 0.3) is 0 Å². The molecule has 1 amide bonds. The van der Waals surface area contributed by atoms with E-state index in [-0.39, 0.29) is 34.6 Å². The van der Waals surface area contributed by atoms with Crippen LogP contribution in [0.5, 0.6) is 5.75 Å². The van der Waals surface area contributed by atoms with Gasteiger partial charge in [-0.05, 0) is 90.8 Å². The monoisotopic (exact) mass is 622 g/mol. The smallest absolute Gasteiger partial charge is 0.343 e. The van der Waals surface area contributed by atoms with E-state index in [2.05, 4.69) is 17.0 Å². The van der Waals surface area contributed by atoms with Gasteiger partial charge in [-0.3, -0.25) is 4.79 Å². The first kappa shape index (κ1) is 30.9. The van der Waals surface area contributed by atoms with Crippen LogP contribution in [0.2, 0.25) is 5.02 Å². The Morgan fingerprint density at radius 1 is 1.14 bits per heavy atom. The number of benzene rings is 2. The zero-order chi connectivity index (χ0) is 31.2. The minimum Gasteiger partial charge on any atom is -0.490 e. The third-order valence-electron chi connectivity index (χ3n) is 10.4. The third kappa shape index (κ3) is 5.61. The Morgan fingerprint density at radius 2 is 1.95 bits per heavy atom. The zero-order valence-corrected chi connectivity index (χ0v) is 26.6. The Labute approximate surface area is 264 Å². The molecule has 8 nitrogen and oxygen atoms in total. The second-order valence-corrected chi connectivity index (χ2v) is 13.9. The van der Waals surface area contributed by atoms with Crippen molar-refractivity contribution in [1.82, 2.24) is 4.90 Å². The molecule has 0 aromatic heterocycles. The molecular weight excluding hydrogens is 580 g/mol. The molecule has 4 aliphatic rings. The van der Waals surface area contributed by atoms with Crippen LogP contribution < -0.4 is 9.64 Å². The molecule has 1 spiro atoms. The van der Waals surface area contributed by atoms with Crippen molar-refractivity contribution in [3.63, 3.8) is 0 Å². The van der Waals surface area contributed by atoms with E-state index in [1.54, 1.807) is 25.2 Å². The molecule has 2 aliphatic heterocycles.